The molecule has 26 heavy (non-hydrogen) atoms. The Balaban J connectivity index is 1.55. The Labute approximate surface area is 150 Å². The molecular formula is C19H20N4O3. The average Bonchev–Trinajstić information content (AvgIpc) is 3.10. The van der Waals surface area contributed by atoms with Crippen LogP contribution in [0.1, 0.15) is 15.9 Å². The minimum absolute atomic E-state index is 0.0923. The van der Waals surface area contributed by atoms with Gasteiger partial charge in [0.05, 0.1) is 37.8 Å². The van der Waals surface area contributed by atoms with Crippen LogP contribution in [0.3, 0.4) is 0 Å². The number of ether oxygens (including phenoxy) is 1. The summed E-state index contributed by atoms with van der Waals surface area (Å²) in [6, 6.07) is 11.9. The quantitative estimate of drug-likeness (QED) is 0.766. The van der Waals surface area contributed by atoms with Crippen LogP contribution in [0, 0.1) is 0 Å². The fourth-order valence-electron chi connectivity index (χ4n) is 3.16. The minimum atomic E-state index is -0.325. The van der Waals surface area contributed by atoms with Gasteiger partial charge >= 0.3 is 0 Å². The highest BCUT2D eigenvalue weighted by Crippen LogP contribution is 2.16. The van der Waals surface area contributed by atoms with Gasteiger partial charge < -0.3 is 19.3 Å². The molecule has 134 valence electrons. The molecule has 0 saturated carbocycles. The first-order chi connectivity index (χ1) is 12.7. The van der Waals surface area contributed by atoms with E-state index in [-0.39, 0.29) is 18.6 Å². The van der Waals surface area contributed by atoms with Crippen molar-refractivity contribution < 1.29 is 14.6 Å². The van der Waals surface area contributed by atoms with Gasteiger partial charge in [-0.15, -0.1) is 0 Å². The molecular weight excluding hydrogens is 332 g/mol. The maximum atomic E-state index is 12.7. The number of nitrogens with zero attached hydrogens (tertiary/aromatic N) is 4. The third-order valence-corrected chi connectivity index (χ3v) is 4.53. The fourth-order valence-corrected chi connectivity index (χ4v) is 3.16. The largest absolute Gasteiger partial charge is 0.394 e. The molecule has 1 aliphatic rings. The van der Waals surface area contributed by atoms with E-state index < -0.39 is 0 Å². The molecule has 0 aliphatic carbocycles. The molecule has 1 saturated heterocycles. The third-order valence-electron chi connectivity index (χ3n) is 4.53. The molecule has 0 spiro atoms. The van der Waals surface area contributed by atoms with Crippen molar-refractivity contribution >= 4 is 17.1 Å². The second-order valence-electron chi connectivity index (χ2n) is 6.35. The molecule has 3 aromatic rings. The van der Waals surface area contributed by atoms with Crippen LogP contribution in [0.4, 0.5) is 0 Å². The molecule has 0 bridgehead atoms. The summed E-state index contributed by atoms with van der Waals surface area (Å²) in [7, 11) is 0. The van der Waals surface area contributed by atoms with E-state index in [2.05, 4.69) is 22.1 Å². The lowest BCUT2D eigenvalue weighted by Gasteiger charge is -2.32. The molecule has 2 aromatic heterocycles. The van der Waals surface area contributed by atoms with E-state index in [4.69, 9.17) is 4.74 Å². The number of aliphatic hydroxyl groups excluding tert-OH is 1. The molecule has 7 heteroatoms. The van der Waals surface area contributed by atoms with E-state index >= 15 is 0 Å². The lowest BCUT2D eigenvalue weighted by molar-refractivity contribution is -0.0447. The molecule has 0 radical (unpaired) electrons. The van der Waals surface area contributed by atoms with Crippen LogP contribution in [-0.2, 0) is 11.3 Å². The van der Waals surface area contributed by atoms with Crippen LogP contribution in [0.15, 0.2) is 48.9 Å². The van der Waals surface area contributed by atoms with E-state index in [9.17, 15) is 9.90 Å². The first kappa shape index (κ1) is 16.7. The van der Waals surface area contributed by atoms with Gasteiger partial charge in [0.1, 0.15) is 5.52 Å². The molecule has 1 aromatic carbocycles. The summed E-state index contributed by atoms with van der Waals surface area (Å²) >= 11 is 0. The lowest BCUT2D eigenvalue weighted by atomic mass is 10.2. The molecule has 1 atom stereocenters. The van der Waals surface area contributed by atoms with Crippen molar-refractivity contribution in [3.8, 4) is 0 Å². The van der Waals surface area contributed by atoms with Gasteiger partial charge in [-0.1, -0.05) is 30.3 Å². The van der Waals surface area contributed by atoms with Gasteiger partial charge in [0.15, 0.2) is 5.65 Å². The number of imidazole rings is 1. The number of carbonyl (C=O) groups is 1. The number of rotatable bonds is 4. The Morgan fingerprint density at radius 2 is 2.12 bits per heavy atom. The van der Waals surface area contributed by atoms with E-state index in [0.717, 1.165) is 11.2 Å². The SMILES string of the molecule is O=C(c1cnc2c(c1)ncn2Cc1ccccc1)N1CCO[C@@H](CO)C1. The Bertz CT molecular complexity index is 910. The van der Waals surface area contributed by atoms with Crippen molar-refractivity contribution in [2.75, 3.05) is 26.3 Å². The highest BCUT2D eigenvalue weighted by molar-refractivity contribution is 5.96. The summed E-state index contributed by atoms with van der Waals surface area (Å²) in [6.07, 6.45) is 3.02. The second kappa shape index (κ2) is 7.23. The van der Waals surface area contributed by atoms with Crippen LogP contribution in [-0.4, -0.2) is 62.9 Å². The number of aromatic nitrogens is 3. The summed E-state index contributed by atoms with van der Waals surface area (Å²) in [4.78, 5) is 23.3. The standard InChI is InChI=1S/C19H20N4O3/c24-12-16-11-22(6-7-26-16)19(25)15-8-17-18(20-9-15)23(13-21-17)10-14-4-2-1-3-5-14/h1-5,8-9,13,16,24H,6-7,10-12H2/t16-/m1/s1. The maximum Gasteiger partial charge on any atom is 0.255 e. The first-order valence-electron chi connectivity index (χ1n) is 8.61. The smallest absolute Gasteiger partial charge is 0.255 e. The molecule has 1 fully saturated rings. The summed E-state index contributed by atoms with van der Waals surface area (Å²) in [5.74, 6) is -0.112. The Hall–Kier alpha value is -2.77. The minimum Gasteiger partial charge on any atom is -0.394 e. The van der Waals surface area contributed by atoms with Gasteiger partial charge in [-0.3, -0.25) is 4.79 Å². The number of hydrogen-bond acceptors (Lipinski definition) is 5. The summed E-state index contributed by atoms with van der Waals surface area (Å²) in [5.41, 5.74) is 3.11. The van der Waals surface area contributed by atoms with E-state index in [0.29, 0.717) is 37.3 Å². The molecule has 7 nitrogen and oxygen atoms in total. The number of carbonyl (C=O) groups excluding carboxylic acids is 1. The van der Waals surface area contributed by atoms with Gasteiger partial charge in [0.2, 0.25) is 0 Å². The summed E-state index contributed by atoms with van der Waals surface area (Å²) < 4.78 is 7.37. The third kappa shape index (κ3) is 3.31. The van der Waals surface area contributed by atoms with Crippen molar-refractivity contribution in [2.24, 2.45) is 0 Å². The van der Waals surface area contributed by atoms with Gasteiger partial charge in [0, 0.05) is 19.3 Å². The van der Waals surface area contributed by atoms with Crippen LogP contribution >= 0.6 is 0 Å². The van der Waals surface area contributed by atoms with Crippen molar-refractivity contribution in [1.29, 1.82) is 0 Å². The Morgan fingerprint density at radius 1 is 1.27 bits per heavy atom. The fraction of sp³-hybridized carbons (Fsp3) is 0.316. The van der Waals surface area contributed by atoms with Crippen molar-refractivity contribution in [3.63, 3.8) is 0 Å². The number of hydrogen-bond donors (Lipinski definition) is 1. The van der Waals surface area contributed by atoms with Crippen molar-refractivity contribution in [2.45, 2.75) is 12.6 Å². The monoisotopic (exact) mass is 352 g/mol. The normalized spacial score (nSPS) is 17.6. The van der Waals surface area contributed by atoms with Gasteiger partial charge in [-0.05, 0) is 11.6 Å². The molecule has 3 heterocycles. The van der Waals surface area contributed by atoms with E-state index in [1.165, 1.54) is 0 Å². The van der Waals surface area contributed by atoms with Gasteiger partial charge in [-0.25, -0.2) is 9.97 Å². The van der Waals surface area contributed by atoms with E-state index in [1.54, 1.807) is 23.5 Å². The summed E-state index contributed by atoms with van der Waals surface area (Å²) in [5, 5.41) is 9.24. The predicted octanol–water partition coefficient (Wildman–Crippen LogP) is 1.31. The molecule has 1 amide bonds. The van der Waals surface area contributed by atoms with Crippen LogP contribution in [0.2, 0.25) is 0 Å². The number of aliphatic hydroxyl groups is 1. The summed E-state index contributed by atoms with van der Waals surface area (Å²) in [6.45, 7) is 1.91. The second-order valence-corrected chi connectivity index (χ2v) is 6.35. The highest BCUT2D eigenvalue weighted by Gasteiger charge is 2.25. The average molecular weight is 352 g/mol. The number of morpholine rings is 1. The molecule has 4 rings (SSSR count). The number of benzene rings is 1. The first-order valence-corrected chi connectivity index (χ1v) is 8.61. The zero-order valence-electron chi connectivity index (χ0n) is 14.3. The zero-order chi connectivity index (χ0) is 17.9. The number of amides is 1. The van der Waals surface area contributed by atoms with Crippen LogP contribution in [0.25, 0.3) is 11.2 Å². The topological polar surface area (TPSA) is 80.5 Å². The number of fused-ring (bicyclic) bond motifs is 1. The zero-order valence-corrected chi connectivity index (χ0v) is 14.3. The van der Waals surface area contributed by atoms with Gasteiger partial charge in [-0.2, -0.15) is 0 Å². The maximum absolute atomic E-state index is 12.7. The van der Waals surface area contributed by atoms with Crippen molar-refractivity contribution in [1.82, 2.24) is 19.4 Å². The van der Waals surface area contributed by atoms with Crippen molar-refractivity contribution in [3.05, 3.63) is 60.0 Å². The van der Waals surface area contributed by atoms with E-state index in [1.807, 2.05) is 22.8 Å². The van der Waals surface area contributed by atoms with Crippen LogP contribution < -0.4 is 0 Å². The number of pyridine rings is 1. The van der Waals surface area contributed by atoms with Crippen LogP contribution in [0.5, 0.6) is 0 Å². The molecule has 0 unspecified atom stereocenters. The molecule has 1 N–H and O–H groups in total. The predicted molar refractivity (Wildman–Crippen MR) is 95.8 cm³/mol. The Kier molecular flexibility index (Phi) is 4.64. The lowest BCUT2D eigenvalue weighted by Crippen LogP contribution is -2.46. The molecule has 1 aliphatic heterocycles. The highest BCUT2D eigenvalue weighted by atomic mass is 16.5. The van der Waals surface area contributed by atoms with Gasteiger partial charge in [0.25, 0.3) is 5.91 Å². The Morgan fingerprint density at radius 3 is 2.92 bits per heavy atom.